The van der Waals surface area contributed by atoms with Crippen molar-refractivity contribution in [1.82, 2.24) is 0 Å². The Balaban J connectivity index is 1.13. The lowest BCUT2D eigenvalue weighted by Crippen LogP contribution is -2.58. The number of esters is 2. The van der Waals surface area contributed by atoms with Crippen LogP contribution in [0.4, 0.5) is 0 Å². The molecule has 1 spiro atoms. The van der Waals surface area contributed by atoms with Crippen LogP contribution in [0.5, 0.6) is 0 Å². The molecule has 384 valence electrons. The molecule has 16 nitrogen and oxygen atoms in total. The molecule has 7 aliphatic rings. The molecule has 6 aliphatic heterocycles. The van der Waals surface area contributed by atoms with E-state index >= 15 is 0 Å². The highest BCUT2D eigenvalue weighted by atomic mass is 16.7. The zero-order chi connectivity index (χ0) is 49.1. The van der Waals surface area contributed by atoms with Gasteiger partial charge < -0.3 is 67.1 Å². The standard InChI is InChI=1S/C52H80O16/c1-12-28(3)46-31(6)19-20-51(68-46)25-37-22-36(67-51)18-17-30(5)45(29(4)15-14-16-35-26-61-49-44(54)32(7)21-38(50(55)64-37)52(35,49)56)65-42-24-40(58-11)48(34(9)63-42)66-43-23-39(57-10)47(33(8)62-43)60-27-41(53)59-13-2/h14-17,21,28-29,31,33-34,36-40,42-49,54,56H,12-13,18-20,22-27H2,1-11H3/b15-14+,30-17+,35-16-/t28?,29-,31-,33-,34-,36+,37-,38?,39-,40-,42-,43-,44+,45?,46+,47-,48?,49+,51+,52?/m0/s1. The number of methoxy groups -OCH3 is 2. The van der Waals surface area contributed by atoms with Crippen LogP contribution >= 0.6 is 0 Å². The average molecular weight is 961 g/mol. The fourth-order valence-electron chi connectivity index (χ4n) is 11.6. The molecule has 6 heterocycles. The van der Waals surface area contributed by atoms with Gasteiger partial charge in [-0.3, -0.25) is 4.79 Å². The highest BCUT2D eigenvalue weighted by molar-refractivity contribution is 5.78. The van der Waals surface area contributed by atoms with Gasteiger partial charge in [0.05, 0.1) is 55.9 Å². The lowest BCUT2D eigenvalue weighted by atomic mass is 9.71. The van der Waals surface area contributed by atoms with Gasteiger partial charge in [-0.2, -0.15) is 0 Å². The van der Waals surface area contributed by atoms with Gasteiger partial charge in [0.25, 0.3) is 0 Å². The van der Waals surface area contributed by atoms with Crippen molar-refractivity contribution >= 4 is 11.9 Å². The summed E-state index contributed by atoms with van der Waals surface area (Å²) < 4.78 is 75.7. The minimum Gasteiger partial charge on any atom is -0.464 e. The van der Waals surface area contributed by atoms with Gasteiger partial charge in [0, 0.05) is 52.2 Å². The lowest BCUT2D eigenvalue weighted by Gasteiger charge is -2.51. The van der Waals surface area contributed by atoms with E-state index in [4.69, 9.17) is 56.8 Å². The van der Waals surface area contributed by atoms with Crippen molar-refractivity contribution in [1.29, 1.82) is 0 Å². The summed E-state index contributed by atoms with van der Waals surface area (Å²) in [5, 5.41) is 23.8. The number of rotatable bonds is 12. The molecule has 0 amide bonds. The highest BCUT2D eigenvalue weighted by Gasteiger charge is 2.60. The number of carbonyl (C=O) groups excluding carboxylic acids is 2. The van der Waals surface area contributed by atoms with Gasteiger partial charge in [0.2, 0.25) is 0 Å². The Morgan fingerprint density at radius 3 is 2.31 bits per heavy atom. The Bertz CT molecular complexity index is 1850. The van der Waals surface area contributed by atoms with Crippen LogP contribution in [0.1, 0.15) is 114 Å². The maximum absolute atomic E-state index is 14.4. The summed E-state index contributed by atoms with van der Waals surface area (Å²) in [6, 6.07) is 0. The highest BCUT2D eigenvalue weighted by Crippen LogP contribution is 2.48. The van der Waals surface area contributed by atoms with Crippen molar-refractivity contribution in [3.05, 3.63) is 47.1 Å². The molecular weight excluding hydrogens is 881 g/mol. The number of allylic oxidation sites excluding steroid dienone is 2. The van der Waals surface area contributed by atoms with Gasteiger partial charge in [0.1, 0.15) is 48.6 Å². The smallest absolute Gasteiger partial charge is 0.332 e. The average Bonchev–Trinajstić information content (AvgIpc) is 3.65. The van der Waals surface area contributed by atoms with E-state index in [1.54, 1.807) is 40.2 Å². The number of hydrogen-bond donors (Lipinski definition) is 2. The summed E-state index contributed by atoms with van der Waals surface area (Å²) in [7, 11) is 3.25. The Kier molecular flexibility index (Phi) is 17.9. The Morgan fingerprint density at radius 1 is 0.926 bits per heavy atom. The predicted molar refractivity (Wildman–Crippen MR) is 248 cm³/mol. The first-order chi connectivity index (χ1) is 32.4. The van der Waals surface area contributed by atoms with E-state index in [-0.39, 0.29) is 37.9 Å². The SMILES string of the molecule is CCOC(=O)CO[C@H]1[C@H](C)O[C@@H](OC2[C@H](C)O[C@@H](OC3/C(C)=C/C[C@@H]4C[C@@H](C[C@]5(CC[C@H](C)[C@@H](C(C)CC)O5)O4)OC(=O)C4C=C(C)[C@@H](O)[C@H]5OC/C(=C/C=C/[C@@H]3C)C45O)C[C@@H]2OC)C[C@@H]1OC. The molecular formula is C52H80O16. The maximum Gasteiger partial charge on any atom is 0.332 e. The Hall–Kier alpha value is -2.58. The third kappa shape index (κ3) is 11.5. The molecule has 5 saturated heterocycles. The van der Waals surface area contributed by atoms with Gasteiger partial charge in [-0.1, -0.05) is 64.5 Å². The first-order valence-corrected chi connectivity index (χ1v) is 25.2. The Labute approximate surface area is 403 Å². The zero-order valence-electron chi connectivity index (χ0n) is 42.2. The molecule has 16 heteroatoms. The summed E-state index contributed by atoms with van der Waals surface area (Å²) in [5.41, 5.74) is 0.145. The normalized spacial score (nSPS) is 46.0. The van der Waals surface area contributed by atoms with E-state index in [9.17, 15) is 19.8 Å². The van der Waals surface area contributed by atoms with Crippen LogP contribution < -0.4 is 0 Å². The summed E-state index contributed by atoms with van der Waals surface area (Å²) in [6.07, 6.45) is 6.45. The summed E-state index contributed by atoms with van der Waals surface area (Å²) in [5.74, 6) is -2.62. The van der Waals surface area contributed by atoms with Crippen molar-refractivity contribution in [2.45, 2.75) is 211 Å². The molecule has 5 unspecified atom stereocenters. The van der Waals surface area contributed by atoms with Crippen molar-refractivity contribution in [2.75, 3.05) is 34.0 Å². The van der Waals surface area contributed by atoms with Crippen LogP contribution in [0.15, 0.2) is 47.1 Å². The second-order valence-electron chi connectivity index (χ2n) is 20.4. The second kappa shape index (κ2) is 22.9. The minimum atomic E-state index is -1.84. The molecule has 2 bridgehead atoms. The van der Waals surface area contributed by atoms with Gasteiger partial charge >= 0.3 is 11.9 Å². The van der Waals surface area contributed by atoms with E-state index in [1.165, 1.54) is 0 Å². The van der Waals surface area contributed by atoms with Crippen LogP contribution in [0, 0.1) is 23.7 Å². The van der Waals surface area contributed by atoms with E-state index in [0.717, 1.165) is 18.4 Å². The van der Waals surface area contributed by atoms with Crippen LogP contribution in [-0.2, 0) is 66.4 Å². The van der Waals surface area contributed by atoms with Gasteiger partial charge in [0.15, 0.2) is 18.4 Å². The van der Waals surface area contributed by atoms with Crippen molar-refractivity contribution in [3.8, 4) is 0 Å². The first-order valence-electron chi connectivity index (χ1n) is 25.2. The molecule has 5 fully saturated rings. The summed E-state index contributed by atoms with van der Waals surface area (Å²) >= 11 is 0. The molecule has 0 radical (unpaired) electrons. The van der Waals surface area contributed by atoms with Gasteiger partial charge in [-0.15, -0.1) is 0 Å². The van der Waals surface area contributed by atoms with E-state index < -0.39 is 103 Å². The van der Waals surface area contributed by atoms with Crippen molar-refractivity contribution in [2.24, 2.45) is 23.7 Å². The van der Waals surface area contributed by atoms with Crippen molar-refractivity contribution < 1.29 is 76.6 Å². The number of aliphatic hydroxyl groups is 2. The quantitative estimate of drug-likeness (QED) is 0.167. The number of aliphatic hydroxyl groups excluding tert-OH is 1. The molecule has 7 rings (SSSR count). The monoisotopic (exact) mass is 961 g/mol. The van der Waals surface area contributed by atoms with Crippen LogP contribution in [-0.4, -0.2) is 153 Å². The largest absolute Gasteiger partial charge is 0.464 e. The van der Waals surface area contributed by atoms with E-state index in [1.807, 2.05) is 26.0 Å². The topological polar surface area (TPSA) is 185 Å². The molecule has 2 N–H and O–H groups in total. The Morgan fingerprint density at radius 2 is 1.62 bits per heavy atom. The molecule has 1 aliphatic carbocycles. The lowest BCUT2D eigenvalue weighted by molar-refractivity contribution is -0.340. The van der Waals surface area contributed by atoms with Crippen LogP contribution in [0.25, 0.3) is 0 Å². The third-order valence-corrected chi connectivity index (χ3v) is 15.6. The van der Waals surface area contributed by atoms with Gasteiger partial charge in [-0.05, 0) is 76.0 Å². The molecule has 0 aromatic heterocycles. The molecule has 0 aromatic carbocycles. The number of fused-ring (bicyclic) bond motifs is 2. The van der Waals surface area contributed by atoms with Crippen molar-refractivity contribution in [3.63, 3.8) is 0 Å². The van der Waals surface area contributed by atoms with E-state index in [2.05, 4.69) is 40.7 Å². The van der Waals surface area contributed by atoms with E-state index in [0.29, 0.717) is 61.5 Å². The third-order valence-electron chi connectivity index (χ3n) is 15.6. The maximum atomic E-state index is 14.4. The second-order valence-corrected chi connectivity index (χ2v) is 20.4. The predicted octanol–water partition coefficient (Wildman–Crippen LogP) is 6.19. The summed E-state index contributed by atoms with van der Waals surface area (Å²) in [6.45, 7) is 18.1. The molecule has 20 atom stereocenters. The molecule has 0 aromatic rings. The van der Waals surface area contributed by atoms with Gasteiger partial charge in [-0.25, -0.2) is 4.79 Å². The van der Waals surface area contributed by atoms with Crippen LogP contribution in [0.3, 0.4) is 0 Å². The number of carbonyl (C=O) groups is 2. The molecule has 68 heavy (non-hydrogen) atoms. The minimum absolute atomic E-state index is 0.0181. The number of hydrogen-bond acceptors (Lipinski definition) is 16. The first kappa shape index (κ1) is 53.2. The fraction of sp³-hybridized carbons (Fsp3) is 0.808. The zero-order valence-corrected chi connectivity index (χ0v) is 42.2. The number of ether oxygens (including phenoxy) is 12. The summed E-state index contributed by atoms with van der Waals surface area (Å²) in [4.78, 5) is 26.5. The fourth-order valence-corrected chi connectivity index (χ4v) is 11.6. The molecule has 0 saturated carbocycles. The van der Waals surface area contributed by atoms with Crippen LogP contribution in [0.2, 0.25) is 0 Å².